The summed E-state index contributed by atoms with van der Waals surface area (Å²) in [4.78, 5) is 4.20. The molecule has 2 N–H and O–H groups in total. The van der Waals surface area contributed by atoms with Gasteiger partial charge in [-0.15, -0.1) is 11.3 Å². The third-order valence-corrected chi connectivity index (χ3v) is 2.85. The first kappa shape index (κ1) is 11.1. The van der Waals surface area contributed by atoms with Crippen molar-refractivity contribution in [2.75, 3.05) is 5.73 Å². The average molecular weight is 236 g/mol. The summed E-state index contributed by atoms with van der Waals surface area (Å²) in [5, 5.41) is 7.21. The van der Waals surface area contributed by atoms with Crippen molar-refractivity contribution < 1.29 is 0 Å². The topological polar surface area (TPSA) is 56.7 Å². The molecule has 0 saturated carbocycles. The molecule has 86 valence electrons. The Bertz CT molecular complexity index is 465. The minimum atomic E-state index is 0.217. The van der Waals surface area contributed by atoms with E-state index in [1.54, 1.807) is 10.9 Å². The maximum Gasteiger partial charge on any atom is 0.212 e. The zero-order valence-electron chi connectivity index (χ0n) is 9.77. The molecular weight excluding hydrogens is 220 g/mol. The Morgan fingerprint density at radius 1 is 1.44 bits per heavy atom. The largest absolute Gasteiger partial charge is 0.383 e. The van der Waals surface area contributed by atoms with Gasteiger partial charge >= 0.3 is 0 Å². The number of nitrogens with zero attached hydrogens (tertiary/aromatic N) is 3. The van der Waals surface area contributed by atoms with Crippen LogP contribution in [-0.2, 0) is 6.42 Å². The molecule has 0 fully saturated rings. The summed E-state index contributed by atoms with van der Waals surface area (Å²) < 4.78 is 1.70. The molecule has 0 unspecified atom stereocenters. The van der Waals surface area contributed by atoms with Crippen molar-refractivity contribution in [2.45, 2.75) is 27.2 Å². The van der Waals surface area contributed by atoms with E-state index >= 15 is 0 Å². The van der Waals surface area contributed by atoms with Gasteiger partial charge in [0, 0.05) is 17.6 Å². The monoisotopic (exact) mass is 236 g/mol. The molecule has 0 aliphatic carbocycles. The highest BCUT2D eigenvalue weighted by atomic mass is 32.1. The predicted molar refractivity (Wildman–Crippen MR) is 66.8 cm³/mol. The van der Waals surface area contributed by atoms with Crippen LogP contribution < -0.4 is 5.73 Å². The van der Waals surface area contributed by atoms with Gasteiger partial charge in [-0.25, -0.2) is 4.98 Å². The second kappa shape index (κ2) is 3.90. The van der Waals surface area contributed by atoms with Crippen LogP contribution in [0.15, 0.2) is 17.6 Å². The van der Waals surface area contributed by atoms with E-state index in [9.17, 15) is 0 Å². The molecule has 0 aromatic carbocycles. The number of anilines is 1. The number of nitrogens with two attached hydrogens (primary N) is 1. The fourth-order valence-corrected chi connectivity index (χ4v) is 2.16. The number of thiazole rings is 1. The Kier molecular flexibility index (Phi) is 2.71. The van der Waals surface area contributed by atoms with Gasteiger partial charge in [0.05, 0.1) is 5.69 Å². The minimum Gasteiger partial charge on any atom is -0.383 e. The second-order valence-electron chi connectivity index (χ2n) is 5.02. The van der Waals surface area contributed by atoms with Gasteiger partial charge in [-0.2, -0.15) is 9.78 Å². The van der Waals surface area contributed by atoms with Gasteiger partial charge in [-0.3, -0.25) is 0 Å². The first-order valence-corrected chi connectivity index (χ1v) is 6.08. The number of hydrogen-bond donors (Lipinski definition) is 1. The van der Waals surface area contributed by atoms with Crippen molar-refractivity contribution in [1.82, 2.24) is 14.8 Å². The molecule has 0 spiro atoms. The lowest BCUT2D eigenvalue weighted by molar-refractivity contribution is 0.405. The van der Waals surface area contributed by atoms with Gasteiger partial charge in [0.15, 0.2) is 0 Å². The number of hydrogen-bond acceptors (Lipinski definition) is 4. The van der Waals surface area contributed by atoms with Gasteiger partial charge in [0.2, 0.25) is 5.13 Å². The Labute approximate surface area is 99.1 Å². The number of rotatable bonds is 2. The summed E-state index contributed by atoms with van der Waals surface area (Å²) in [5.41, 5.74) is 7.15. The summed E-state index contributed by atoms with van der Waals surface area (Å²) in [6, 6.07) is 1.92. The van der Waals surface area contributed by atoms with Crippen LogP contribution >= 0.6 is 11.3 Å². The van der Waals surface area contributed by atoms with Gasteiger partial charge < -0.3 is 5.73 Å². The van der Waals surface area contributed by atoms with E-state index in [4.69, 9.17) is 5.73 Å². The number of aromatic nitrogens is 3. The molecular formula is C11H16N4S. The van der Waals surface area contributed by atoms with E-state index in [0.29, 0.717) is 5.82 Å². The van der Waals surface area contributed by atoms with Crippen LogP contribution in [0, 0.1) is 5.41 Å². The Morgan fingerprint density at radius 2 is 2.19 bits per heavy atom. The molecule has 2 rings (SSSR count). The quantitative estimate of drug-likeness (QED) is 0.871. The van der Waals surface area contributed by atoms with Crippen LogP contribution in [0.1, 0.15) is 26.5 Å². The van der Waals surface area contributed by atoms with E-state index in [1.165, 1.54) is 11.3 Å². The molecule has 2 aromatic heterocycles. The van der Waals surface area contributed by atoms with E-state index in [0.717, 1.165) is 17.2 Å². The third kappa shape index (κ3) is 2.41. The summed E-state index contributed by atoms with van der Waals surface area (Å²) >= 11 is 1.53. The van der Waals surface area contributed by atoms with E-state index in [-0.39, 0.29) is 5.41 Å². The van der Waals surface area contributed by atoms with Gasteiger partial charge in [0.25, 0.3) is 0 Å². The maximum atomic E-state index is 5.92. The van der Waals surface area contributed by atoms with Gasteiger partial charge in [-0.05, 0) is 11.8 Å². The molecule has 0 saturated heterocycles. The zero-order chi connectivity index (χ0) is 11.8. The smallest absolute Gasteiger partial charge is 0.212 e. The highest BCUT2D eigenvalue weighted by molar-refractivity contribution is 7.12. The Balaban J connectivity index is 2.29. The summed E-state index contributed by atoms with van der Waals surface area (Å²) in [6.45, 7) is 6.56. The van der Waals surface area contributed by atoms with Crippen LogP contribution in [0.3, 0.4) is 0 Å². The molecule has 0 radical (unpaired) electrons. The van der Waals surface area contributed by atoms with Crippen LogP contribution in [-0.4, -0.2) is 14.8 Å². The van der Waals surface area contributed by atoms with E-state index < -0.39 is 0 Å². The molecule has 0 amide bonds. The SMILES string of the molecule is CC(C)(C)Cc1cc(N)n(-c2nccs2)n1. The highest BCUT2D eigenvalue weighted by Gasteiger charge is 2.16. The van der Waals surface area contributed by atoms with Crippen molar-refractivity contribution in [3.8, 4) is 5.13 Å². The normalized spacial score (nSPS) is 11.9. The van der Waals surface area contributed by atoms with Crippen LogP contribution in [0.25, 0.3) is 5.13 Å². The van der Waals surface area contributed by atoms with Crippen LogP contribution in [0.2, 0.25) is 0 Å². The molecule has 0 atom stereocenters. The Morgan fingerprint density at radius 3 is 2.75 bits per heavy atom. The fourth-order valence-electron chi connectivity index (χ4n) is 1.55. The minimum absolute atomic E-state index is 0.217. The molecule has 2 aromatic rings. The van der Waals surface area contributed by atoms with E-state index in [1.807, 2.05) is 11.4 Å². The van der Waals surface area contributed by atoms with Crippen molar-refractivity contribution in [1.29, 1.82) is 0 Å². The van der Waals surface area contributed by atoms with Crippen molar-refractivity contribution in [3.63, 3.8) is 0 Å². The molecule has 16 heavy (non-hydrogen) atoms. The van der Waals surface area contributed by atoms with Gasteiger partial charge in [-0.1, -0.05) is 20.8 Å². The Hall–Kier alpha value is -1.36. The molecule has 4 nitrogen and oxygen atoms in total. The molecule has 0 bridgehead atoms. The zero-order valence-corrected chi connectivity index (χ0v) is 10.6. The summed E-state index contributed by atoms with van der Waals surface area (Å²) in [7, 11) is 0. The van der Waals surface area contributed by atoms with Gasteiger partial charge in [0.1, 0.15) is 5.82 Å². The first-order valence-electron chi connectivity index (χ1n) is 5.20. The summed E-state index contributed by atoms with van der Waals surface area (Å²) in [6.07, 6.45) is 2.67. The lowest BCUT2D eigenvalue weighted by Gasteiger charge is -2.15. The maximum absolute atomic E-state index is 5.92. The fraction of sp³-hybridized carbons (Fsp3) is 0.455. The molecule has 5 heteroatoms. The van der Waals surface area contributed by atoms with E-state index in [2.05, 4.69) is 30.9 Å². The van der Waals surface area contributed by atoms with Crippen LogP contribution in [0.4, 0.5) is 5.82 Å². The molecule has 0 aliphatic rings. The standard InChI is InChI=1S/C11H16N4S/c1-11(2,3)7-8-6-9(12)15(14-8)10-13-4-5-16-10/h4-6H,7,12H2,1-3H3. The van der Waals surface area contributed by atoms with Crippen molar-refractivity contribution in [3.05, 3.63) is 23.3 Å². The highest BCUT2D eigenvalue weighted by Crippen LogP contribution is 2.23. The summed E-state index contributed by atoms with van der Waals surface area (Å²) in [5.74, 6) is 0.647. The molecule has 0 aliphatic heterocycles. The second-order valence-corrected chi connectivity index (χ2v) is 5.90. The molecule has 2 heterocycles. The predicted octanol–water partition coefficient (Wildman–Crippen LogP) is 2.50. The third-order valence-electron chi connectivity index (χ3n) is 2.10. The average Bonchev–Trinajstić information content (AvgIpc) is 2.71. The number of nitrogen functional groups attached to an aromatic ring is 1. The lowest BCUT2D eigenvalue weighted by Crippen LogP contribution is -2.10. The van der Waals surface area contributed by atoms with Crippen molar-refractivity contribution in [2.24, 2.45) is 5.41 Å². The lowest BCUT2D eigenvalue weighted by atomic mass is 9.91. The van der Waals surface area contributed by atoms with Crippen LogP contribution in [0.5, 0.6) is 0 Å². The first-order chi connectivity index (χ1) is 7.46. The van der Waals surface area contributed by atoms with Crippen molar-refractivity contribution >= 4 is 17.2 Å².